The molecule has 6 heteroatoms. The lowest BCUT2D eigenvalue weighted by molar-refractivity contribution is -0.0884. The first-order chi connectivity index (χ1) is 10.9. The first-order valence-corrected chi connectivity index (χ1v) is 6.69. The van der Waals surface area contributed by atoms with Crippen molar-refractivity contribution in [3.05, 3.63) is 54.1 Å². The highest BCUT2D eigenvalue weighted by Crippen LogP contribution is 2.37. The number of halogens is 3. The molecule has 0 fully saturated rings. The van der Waals surface area contributed by atoms with E-state index in [-0.39, 0.29) is 16.7 Å². The van der Waals surface area contributed by atoms with Crippen LogP contribution < -0.4 is 4.74 Å². The van der Waals surface area contributed by atoms with Crippen molar-refractivity contribution in [1.29, 1.82) is 0 Å². The van der Waals surface area contributed by atoms with Gasteiger partial charge in [-0.15, -0.1) is 0 Å². The number of para-hydroxylation sites is 1. The van der Waals surface area contributed by atoms with Gasteiger partial charge < -0.3 is 9.15 Å². The van der Waals surface area contributed by atoms with Crippen molar-refractivity contribution in [1.82, 2.24) is 0 Å². The fourth-order valence-corrected chi connectivity index (χ4v) is 2.36. The molecule has 0 unspecified atom stereocenters. The van der Waals surface area contributed by atoms with Crippen molar-refractivity contribution in [2.45, 2.75) is 6.18 Å². The van der Waals surface area contributed by atoms with Gasteiger partial charge in [0, 0.05) is 10.9 Å². The minimum absolute atomic E-state index is 0.101. The number of Topliss-reactive ketones (excluding diaryl/α,β-unsaturated/α-hetero) is 1. The van der Waals surface area contributed by atoms with E-state index in [4.69, 9.17) is 9.15 Å². The molecule has 0 bridgehead atoms. The van der Waals surface area contributed by atoms with Gasteiger partial charge in [0.25, 0.3) is 5.78 Å². The summed E-state index contributed by atoms with van der Waals surface area (Å²) in [6.07, 6.45) is -4.98. The van der Waals surface area contributed by atoms with Crippen LogP contribution in [0.2, 0.25) is 0 Å². The molecule has 3 aromatic rings. The van der Waals surface area contributed by atoms with Crippen molar-refractivity contribution < 1.29 is 27.1 Å². The van der Waals surface area contributed by atoms with Gasteiger partial charge in [0.05, 0.1) is 12.7 Å². The van der Waals surface area contributed by atoms with Crippen LogP contribution in [0.4, 0.5) is 13.2 Å². The molecule has 0 N–H and O–H groups in total. The standard InChI is InChI=1S/C17H11F3O3/c1-22-11-8-6-10(7-9-11)15-14(16(21)17(18,19)20)12-4-2-3-5-13(12)23-15/h2-9H,1H3. The molecule has 0 aliphatic rings. The van der Waals surface area contributed by atoms with Crippen molar-refractivity contribution in [2.75, 3.05) is 7.11 Å². The number of methoxy groups -OCH3 is 1. The van der Waals surface area contributed by atoms with Gasteiger partial charge in [0.2, 0.25) is 0 Å². The van der Waals surface area contributed by atoms with Gasteiger partial charge >= 0.3 is 6.18 Å². The number of hydrogen-bond donors (Lipinski definition) is 0. The molecular formula is C17H11F3O3. The summed E-state index contributed by atoms with van der Waals surface area (Å²) < 4.78 is 49.4. The minimum Gasteiger partial charge on any atom is -0.497 e. The Kier molecular flexibility index (Phi) is 3.60. The number of fused-ring (bicyclic) bond motifs is 1. The molecule has 0 amide bonds. The molecule has 3 rings (SSSR count). The Morgan fingerprint density at radius 1 is 1.04 bits per heavy atom. The fraction of sp³-hybridized carbons (Fsp3) is 0.118. The predicted molar refractivity (Wildman–Crippen MR) is 78.6 cm³/mol. The van der Waals surface area contributed by atoms with Gasteiger partial charge in [0.15, 0.2) is 0 Å². The molecule has 0 saturated carbocycles. The van der Waals surface area contributed by atoms with Gasteiger partial charge in [0.1, 0.15) is 17.1 Å². The Morgan fingerprint density at radius 2 is 1.70 bits per heavy atom. The predicted octanol–water partition coefficient (Wildman–Crippen LogP) is 4.85. The Labute approximate surface area is 129 Å². The number of hydrogen-bond acceptors (Lipinski definition) is 3. The third-order valence-electron chi connectivity index (χ3n) is 3.43. The second kappa shape index (κ2) is 5.46. The molecule has 0 radical (unpaired) electrons. The van der Waals surface area contributed by atoms with Crippen LogP contribution in [0.5, 0.6) is 5.75 Å². The van der Waals surface area contributed by atoms with Crippen LogP contribution >= 0.6 is 0 Å². The highest BCUT2D eigenvalue weighted by atomic mass is 19.4. The smallest absolute Gasteiger partial charge is 0.455 e. The van der Waals surface area contributed by atoms with Crippen molar-refractivity contribution in [3.8, 4) is 17.1 Å². The number of carbonyl (C=O) groups excluding carboxylic acids is 1. The molecule has 2 aromatic carbocycles. The van der Waals surface area contributed by atoms with Crippen LogP contribution in [-0.2, 0) is 0 Å². The van der Waals surface area contributed by atoms with Crippen molar-refractivity contribution >= 4 is 16.8 Å². The molecule has 0 aliphatic heterocycles. The van der Waals surface area contributed by atoms with E-state index in [1.807, 2.05) is 0 Å². The number of ketones is 1. The lowest BCUT2D eigenvalue weighted by Crippen LogP contribution is -2.23. The summed E-state index contributed by atoms with van der Waals surface area (Å²) in [5.41, 5.74) is 0.124. The number of ether oxygens (including phenoxy) is 1. The van der Waals surface area contributed by atoms with Crippen molar-refractivity contribution in [2.24, 2.45) is 0 Å². The zero-order chi connectivity index (χ0) is 16.6. The average molecular weight is 320 g/mol. The number of carbonyl (C=O) groups is 1. The number of alkyl halides is 3. The average Bonchev–Trinajstić information content (AvgIpc) is 2.92. The quantitative estimate of drug-likeness (QED) is 0.647. The van der Waals surface area contributed by atoms with Gasteiger partial charge in [-0.05, 0) is 30.3 Å². The van der Waals surface area contributed by atoms with E-state index in [2.05, 4.69) is 0 Å². The molecule has 23 heavy (non-hydrogen) atoms. The van der Waals surface area contributed by atoms with Gasteiger partial charge in [-0.2, -0.15) is 13.2 Å². The van der Waals surface area contributed by atoms with E-state index in [1.165, 1.54) is 19.2 Å². The third-order valence-corrected chi connectivity index (χ3v) is 3.43. The number of furan rings is 1. The lowest BCUT2D eigenvalue weighted by Gasteiger charge is -2.07. The summed E-state index contributed by atoms with van der Waals surface area (Å²) in [7, 11) is 1.48. The molecule has 0 spiro atoms. The minimum atomic E-state index is -4.98. The maximum atomic E-state index is 12.9. The topological polar surface area (TPSA) is 39.4 Å². The Balaban J connectivity index is 2.25. The van der Waals surface area contributed by atoms with Crippen LogP contribution in [0.15, 0.2) is 52.9 Å². The van der Waals surface area contributed by atoms with E-state index in [0.717, 1.165) is 0 Å². The summed E-state index contributed by atoms with van der Waals surface area (Å²) in [6, 6.07) is 12.4. The summed E-state index contributed by atoms with van der Waals surface area (Å²) in [4.78, 5) is 11.8. The molecule has 118 valence electrons. The van der Waals surface area contributed by atoms with Gasteiger partial charge in [-0.3, -0.25) is 4.79 Å². The molecule has 0 atom stereocenters. The molecule has 1 aromatic heterocycles. The summed E-state index contributed by atoms with van der Waals surface area (Å²) in [5, 5.41) is 0.139. The zero-order valence-electron chi connectivity index (χ0n) is 12.0. The highest BCUT2D eigenvalue weighted by molar-refractivity contribution is 6.14. The number of rotatable bonds is 3. The summed E-state index contributed by atoms with van der Waals surface area (Å²) in [5.74, 6) is -1.47. The molecule has 0 saturated heterocycles. The van der Waals surface area contributed by atoms with Gasteiger partial charge in [-0.1, -0.05) is 18.2 Å². The van der Waals surface area contributed by atoms with E-state index >= 15 is 0 Å². The van der Waals surface area contributed by atoms with Crippen LogP contribution in [0.25, 0.3) is 22.3 Å². The lowest BCUT2D eigenvalue weighted by atomic mass is 10.0. The largest absolute Gasteiger partial charge is 0.497 e. The first kappa shape index (κ1) is 15.1. The molecule has 1 heterocycles. The van der Waals surface area contributed by atoms with Crippen LogP contribution in [0, 0.1) is 0 Å². The van der Waals surface area contributed by atoms with Gasteiger partial charge in [-0.25, -0.2) is 0 Å². The first-order valence-electron chi connectivity index (χ1n) is 6.69. The van der Waals surface area contributed by atoms with E-state index < -0.39 is 17.5 Å². The second-order valence-electron chi connectivity index (χ2n) is 4.86. The fourth-order valence-electron chi connectivity index (χ4n) is 2.36. The Hall–Kier alpha value is -2.76. The third kappa shape index (κ3) is 2.67. The zero-order valence-corrected chi connectivity index (χ0v) is 12.0. The van der Waals surface area contributed by atoms with Crippen LogP contribution in [-0.4, -0.2) is 19.1 Å². The van der Waals surface area contributed by atoms with Crippen LogP contribution in [0.3, 0.4) is 0 Å². The monoisotopic (exact) mass is 320 g/mol. The maximum absolute atomic E-state index is 12.9. The maximum Gasteiger partial charge on any atom is 0.455 e. The van der Waals surface area contributed by atoms with E-state index in [9.17, 15) is 18.0 Å². The summed E-state index contributed by atoms with van der Waals surface area (Å²) in [6.45, 7) is 0. The molecule has 0 aliphatic carbocycles. The normalized spacial score (nSPS) is 11.7. The molecular weight excluding hydrogens is 309 g/mol. The van der Waals surface area contributed by atoms with Crippen molar-refractivity contribution in [3.63, 3.8) is 0 Å². The van der Waals surface area contributed by atoms with E-state index in [0.29, 0.717) is 11.3 Å². The van der Waals surface area contributed by atoms with Crippen LogP contribution in [0.1, 0.15) is 10.4 Å². The Bertz CT molecular complexity index is 861. The Morgan fingerprint density at radius 3 is 2.30 bits per heavy atom. The highest BCUT2D eigenvalue weighted by Gasteiger charge is 2.42. The van der Waals surface area contributed by atoms with E-state index in [1.54, 1.807) is 36.4 Å². The second-order valence-corrected chi connectivity index (χ2v) is 4.86. The molecule has 3 nitrogen and oxygen atoms in total. The summed E-state index contributed by atoms with van der Waals surface area (Å²) >= 11 is 0. The number of benzene rings is 2. The SMILES string of the molecule is COc1ccc(-c2oc3ccccc3c2C(=O)C(F)(F)F)cc1.